The smallest absolute Gasteiger partial charge is 0.265 e. The maximum absolute atomic E-state index is 13.4. The van der Waals surface area contributed by atoms with Crippen molar-refractivity contribution in [2.24, 2.45) is 0 Å². The highest BCUT2D eigenvalue weighted by atomic mass is 16.5. The second-order valence-corrected chi connectivity index (χ2v) is 8.40. The summed E-state index contributed by atoms with van der Waals surface area (Å²) in [7, 11) is 2.03. The Morgan fingerprint density at radius 3 is 2.58 bits per heavy atom. The number of ether oxygens (including phenoxy) is 1. The van der Waals surface area contributed by atoms with Crippen LogP contribution < -0.4 is 15.2 Å². The van der Waals surface area contributed by atoms with Crippen LogP contribution in [0.15, 0.2) is 59.7 Å². The second-order valence-electron chi connectivity index (χ2n) is 8.40. The van der Waals surface area contributed by atoms with E-state index in [0.717, 1.165) is 13.1 Å². The molecule has 170 valence electrons. The molecule has 0 N–H and O–H groups in total. The number of carbonyl (C=O) groups is 2. The maximum Gasteiger partial charge on any atom is 0.265 e. The first kappa shape index (κ1) is 21.1. The molecule has 1 aromatic heterocycles. The second kappa shape index (κ2) is 8.67. The van der Waals surface area contributed by atoms with Gasteiger partial charge >= 0.3 is 0 Å². The minimum Gasteiger partial charge on any atom is -0.476 e. The lowest BCUT2D eigenvalue weighted by Gasteiger charge is -2.38. The molecule has 0 spiro atoms. The van der Waals surface area contributed by atoms with Crippen LogP contribution in [0.2, 0.25) is 0 Å². The standard InChI is InChI=1S/C24H25N5O4/c1-26-10-12-27(13-11-26)24(32)21-14-29(19-8-4-5-9-20(19)33-21)22(30)15-28-16-25-18-7-3-2-6-17(18)23(28)31/h2-9,16,21H,10-15H2,1H3/t21-/m0/s1. The molecule has 9 nitrogen and oxygen atoms in total. The van der Waals surface area contributed by atoms with E-state index in [2.05, 4.69) is 9.88 Å². The SMILES string of the molecule is CN1CCN(C(=O)[C@@H]2CN(C(=O)Cn3cnc4ccccc4c3=O)c3ccccc3O2)CC1. The number of carbonyl (C=O) groups excluding carboxylic acids is 2. The largest absolute Gasteiger partial charge is 0.476 e. The zero-order valence-corrected chi connectivity index (χ0v) is 18.4. The lowest BCUT2D eigenvalue weighted by Crippen LogP contribution is -2.56. The number of benzene rings is 2. The number of amides is 2. The van der Waals surface area contributed by atoms with Crippen molar-refractivity contribution in [3.05, 3.63) is 65.2 Å². The van der Waals surface area contributed by atoms with E-state index in [1.807, 2.05) is 25.2 Å². The molecular formula is C24H25N5O4. The van der Waals surface area contributed by atoms with Gasteiger partial charge in [0.05, 0.1) is 29.5 Å². The number of para-hydroxylation sites is 3. The average molecular weight is 447 g/mol. The Kier molecular flexibility index (Phi) is 5.55. The fraction of sp³-hybridized carbons (Fsp3) is 0.333. The van der Waals surface area contributed by atoms with Gasteiger partial charge in [0, 0.05) is 26.2 Å². The van der Waals surface area contributed by atoms with Crippen LogP contribution in [0.4, 0.5) is 5.69 Å². The number of rotatable bonds is 3. The third kappa shape index (κ3) is 4.07. The molecule has 5 rings (SSSR count). The zero-order valence-electron chi connectivity index (χ0n) is 18.4. The van der Waals surface area contributed by atoms with Gasteiger partial charge in [0.15, 0.2) is 6.10 Å². The number of aromatic nitrogens is 2. The van der Waals surface area contributed by atoms with Crippen molar-refractivity contribution in [2.75, 3.05) is 44.7 Å². The van der Waals surface area contributed by atoms with Crippen LogP contribution in [-0.4, -0.2) is 77.0 Å². The third-order valence-corrected chi connectivity index (χ3v) is 6.20. The van der Waals surface area contributed by atoms with E-state index in [1.165, 1.54) is 10.9 Å². The Morgan fingerprint density at radius 1 is 1.03 bits per heavy atom. The Bertz CT molecular complexity index is 1260. The molecule has 0 bridgehead atoms. The first-order chi connectivity index (χ1) is 16.0. The fourth-order valence-corrected chi connectivity index (χ4v) is 4.28. The minimum atomic E-state index is -0.793. The Labute approximate surface area is 190 Å². The van der Waals surface area contributed by atoms with Crippen molar-refractivity contribution in [3.63, 3.8) is 0 Å². The van der Waals surface area contributed by atoms with Crippen molar-refractivity contribution in [1.82, 2.24) is 19.4 Å². The molecule has 2 aliphatic rings. The summed E-state index contributed by atoms with van der Waals surface area (Å²) in [5, 5.41) is 0.457. The van der Waals surface area contributed by atoms with Crippen LogP contribution in [-0.2, 0) is 16.1 Å². The topological polar surface area (TPSA) is 88.0 Å². The number of hydrogen-bond donors (Lipinski definition) is 0. The molecule has 2 amide bonds. The molecule has 1 fully saturated rings. The molecule has 33 heavy (non-hydrogen) atoms. The summed E-state index contributed by atoms with van der Waals surface area (Å²) < 4.78 is 7.31. The molecule has 9 heteroatoms. The molecule has 3 heterocycles. The molecule has 0 radical (unpaired) electrons. The van der Waals surface area contributed by atoms with Crippen LogP contribution in [0.25, 0.3) is 10.9 Å². The molecule has 3 aromatic rings. The number of piperazine rings is 1. The van der Waals surface area contributed by atoms with E-state index in [9.17, 15) is 14.4 Å². The van der Waals surface area contributed by atoms with Gasteiger partial charge in [-0.25, -0.2) is 4.98 Å². The van der Waals surface area contributed by atoms with E-state index in [4.69, 9.17) is 4.74 Å². The maximum atomic E-state index is 13.4. The summed E-state index contributed by atoms with van der Waals surface area (Å²) in [6.45, 7) is 2.77. The number of hydrogen-bond acceptors (Lipinski definition) is 6. The summed E-state index contributed by atoms with van der Waals surface area (Å²) in [6.07, 6.45) is 0.598. The summed E-state index contributed by atoms with van der Waals surface area (Å²) in [4.78, 5) is 49.2. The van der Waals surface area contributed by atoms with Gasteiger partial charge < -0.3 is 19.4 Å². The predicted octanol–water partition coefficient (Wildman–Crippen LogP) is 0.965. The predicted molar refractivity (Wildman–Crippen MR) is 123 cm³/mol. The molecule has 0 aliphatic carbocycles. The molecular weight excluding hydrogens is 422 g/mol. The quantitative estimate of drug-likeness (QED) is 0.595. The van der Waals surface area contributed by atoms with Crippen molar-refractivity contribution >= 4 is 28.4 Å². The van der Waals surface area contributed by atoms with Gasteiger partial charge in [0.25, 0.3) is 11.5 Å². The highest BCUT2D eigenvalue weighted by molar-refractivity contribution is 5.97. The van der Waals surface area contributed by atoms with Crippen LogP contribution in [0.1, 0.15) is 0 Å². The van der Waals surface area contributed by atoms with E-state index in [1.54, 1.807) is 40.1 Å². The highest BCUT2D eigenvalue weighted by Crippen LogP contribution is 2.33. The molecule has 0 saturated carbocycles. The Balaban J connectivity index is 1.40. The van der Waals surface area contributed by atoms with Crippen LogP contribution >= 0.6 is 0 Å². The van der Waals surface area contributed by atoms with Crippen molar-refractivity contribution in [2.45, 2.75) is 12.6 Å². The molecule has 1 atom stereocenters. The number of anilines is 1. The number of likely N-dealkylation sites (N-methyl/N-ethyl adjacent to an activating group) is 1. The third-order valence-electron chi connectivity index (χ3n) is 6.20. The summed E-state index contributed by atoms with van der Waals surface area (Å²) >= 11 is 0. The Hall–Kier alpha value is -3.72. The Morgan fingerprint density at radius 2 is 1.76 bits per heavy atom. The number of fused-ring (bicyclic) bond motifs is 2. The van der Waals surface area contributed by atoms with Gasteiger partial charge in [-0.1, -0.05) is 24.3 Å². The molecule has 0 unspecified atom stereocenters. The molecule has 2 aromatic carbocycles. The van der Waals surface area contributed by atoms with E-state index in [-0.39, 0.29) is 30.5 Å². The molecule has 1 saturated heterocycles. The first-order valence-electron chi connectivity index (χ1n) is 11.0. The fourth-order valence-electron chi connectivity index (χ4n) is 4.28. The van der Waals surface area contributed by atoms with E-state index < -0.39 is 6.10 Å². The monoisotopic (exact) mass is 447 g/mol. The van der Waals surface area contributed by atoms with Gasteiger partial charge in [-0.3, -0.25) is 19.0 Å². The van der Waals surface area contributed by atoms with Gasteiger partial charge in [-0.2, -0.15) is 0 Å². The van der Waals surface area contributed by atoms with Crippen LogP contribution in [0.3, 0.4) is 0 Å². The van der Waals surface area contributed by atoms with Crippen molar-refractivity contribution < 1.29 is 14.3 Å². The minimum absolute atomic E-state index is 0.0940. The lowest BCUT2D eigenvalue weighted by molar-refractivity contribution is -0.140. The van der Waals surface area contributed by atoms with Gasteiger partial charge in [-0.15, -0.1) is 0 Å². The normalized spacial score (nSPS) is 18.6. The summed E-state index contributed by atoms with van der Waals surface area (Å²) in [5.41, 5.74) is 0.896. The van der Waals surface area contributed by atoms with Crippen LogP contribution in [0.5, 0.6) is 5.75 Å². The lowest BCUT2D eigenvalue weighted by atomic mass is 10.1. The van der Waals surface area contributed by atoms with Gasteiger partial charge in [0.2, 0.25) is 5.91 Å². The van der Waals surface area contributed by atoms with E-state index >= 15 is 0 Å². The average Bonchev–Trinajstić information content (AvgIpc) is 2.85. The van der Waals surface area contributed by atoms with Crippen molar-refractivity contribution in [1.29, 1.82) is 0 Å². The summed E-state index contributed by atoms with van der Waals surface area (Å²) in [6, 6.07) is 14.2. The van der Waals surface area contributed by atoms with Gasteiger partial charge in [-0.05, 0) is 31.3 Å². The van der Waals surface area contributed by atoms with Crippen LogP contribution in [0, 0.1) is 0 Å². The van der Waals surface area contributed by atoms with E-state index in [0.29, 0.717) is 35.4 Å². The molecule has 2 aliphatic heterocycles. The highest BCUT2D eigenvalue weighted by Gasteiger charge is 2.36. The van der Waals surface area contributed by atoms with Gasteiger partial charge in [0.1, 0.15) is 12.3 Å². The number of nitrogens with zero attached hydrogens (tertiary/aromatic N) is 5. The zero-order chi connectivity index (χ0) is 22.9. The summed E-state index contributed by atoms with van der Waals surface area (Å²) in [5.74, 6) is 0.0506. The first-order valence-corrected chi connectivity index (χ1v) is 11.0. The van der Waals surface area contributed by atoms with Crippen molar-refractivity contribution in [3.8, 4) is 5.75 Å².